The fraction of sp³-hybridized carbons (Fsp3) is 0.864. The normalized spacial score (nSPS) is 51.8. The lowest BCUT2D eigenvalue weighted by molar-refractivity contribution is -0.560. The van der Waals surface area contributed by atoms with Gasteiger partial charge in [-0.1, -0.05) is 19.9 Å². The van der Waals surface area contributed by atoms with E-state index in [1.807, 2.05) is 0 Å². The van der Waals surface area contributed by atoms with Crippen LogP contribution >= 0.6 is 0 Å². The summed E-state index contributed by atoms with van der Waals surface area (Å²) in [5.74, 6) is 1.91. The zero-order chi connectivity index (χ0) is 17.4. The minimum Gasteiger partial charge on any atom is -1.00 e. The molecule has 26 heavy (non-hydrogen) atoms. The molecule has 0 amide bonds. The van der Waals surface area contributed by atoms with Crippen molar-refractivity contribution in [1.29, 1.82) is 0 Å². The topological polar surface area (TPSA) is 43.5 Å². The van der Waals surface area contributed by atoms with E-state index < -0.39 is 0 Å². The SMILES string of the molecule is C=C1C2CC[C@@]3(CC[C@@H]4[C@@]5(C)CCC[C@@]4(C=[N+](CCO)C5)[C@@H]3C2)[C@H]1O.[Cl-]. The van der Waals surface area contributed by atoms with Crippen LogP contribution in [0.5, 0.6) is 0 Å². The smallest absolute Gasteiger partial charge is 0.165 e. The van der Waals surface area contributed by atoms with E-state index in [4.69, 9.17) is 0 Å². The summed E-state index contributed by atoms with van der Waals surface area (Å²) in [6, 6.07) is 0. The number of aliphatic hydroxyl groups excluding tert-OH is 2. The molecule has 7 atom stereocenters. The van der Waals surface area contributed by atoms with Crippen LogP contribution in [0, 0.1) is 34.0 Å². The molecule has 0 saturated heterocycles. The van der Waals surface area contributed by atoms with Crippen LogP contribution in [0.3, 0.4) is 0 Å². The van der Waals surface area contributed by atoms with Crippen molar-refractivity contribution in [3.05, 3.63) is 12.2 Å². The molecule has 1 aliphatic heterocycles. The van der Waals surface area contributed by atoms with Crippen LogP contribution in [0.15, 0.2) is 12.2 Å². The third kappa shape index (κ3) is 2.17. The van der Waals surface area contributed by atoms with Crippen LogP contribution in [-0.4, -0.2) is 46.8 Å². The first kappa shape index (κ1) is 19.0. The minimum atomic E-state index is -0.282. The van der Waals surface area contributed by atoms with Crippen molar-refractivity contribution in [2.24, 2.45) is 34.0 Å². The Morgan fingerprint density at radius 3 is 2.73 bits per heavy atom. The second-order valence-electron chi connectivity index (χ2n) is 10.3. The molecule has 1 heterocycles. The number of hydrogen-bond acceptors (Lipinski definition) is 2. The lowest BCUT2D eigenvalue weighted by Crippen LogP contribution is -3.00. The Bertz CT molecular complexity index is 648. The van der Waals surface area contributed by atoms with E-state index in [-0.39, 0.29) is 35.9 Å². The van der Waals surface area contributed by atoms with E-state index in [1.165, 1.54) is 51.4 Å². The van der Waals surface area contributed by atoms with Crippen molar-refractivity contribution in [1.82, 2.24) is 0 Å². The molecule has 4 bridgehead atoms. The maximum absolute atomic E-state index is 11.2. The van der Waals surface area contributed by atoms with Gasteiger partial charge in [0.05, 0.1) is 11.5 Å². The van der Waals surface area contributed by atoms with Crippen molar-refractivity contribution in [3.63, 3.8) is 0 Å². The average molecular weight is 380 g/mol. The Balaban J connectivity index is 0.00000168. The van der Waals surface area contributed by atoms with Gasteiger partial charge in [-0.2, -0.15) is 0 Å². The number of fused-ring (bicyclic) bond motifs is 2. The lowest BCUT2D eigenvalue weighted by atomic mass is 9.35. The summed E-state index contributed by atoms with van der Waals surface area (Å²) < 4.78 is 2.44. The van der Waals surface area contributed by atoms with Crippen LogP contribution in [0.1, 0.15) is 58.3 Å². The van der Waals surface area contributed by atoms with Crippen molar-refractivity contribution in [2.75, 3.05) is 19.7 Å². The monoisotopic (exact) mass is 379 g/mol. The highest BCUT2D eigenvalue weighted by Crippen LogP contribution is 2.72. The fourth-order valence-corrected chi connectivity index (χ4v) is 8.50. The molecule has 0 aromatic carbocycles. The van der Waals surface area contributed by atoms with Gasteiger partial charge >= 0.3 is 0 Å². The summed E-state index contributed by atoms with van der Waals surface area (Å²) in [5.41, 5.74) is 1.85. The standard InChI is InChI=1S/C22H34NO2.ClH/c1-15-16-4-8-21(19(15)25)9-5-17-20(2)6-3-7-22(17,18(21)12-16)14-23(13-20)10-11-24;/h14,16-19,24-25H,1,3-13H2,2H3;1H/q+1;/p-1/t16?,17-,18-,19+,20+,21+,22+;/m1./s1. The van der Waals surface area contributed by atoms with Gasteiger partial charge in [0.25, 0.3) is 0 Å². The van der Waals surface area contributed by atoms with Gasteiger partial charge in [0.15, 0.2) is 6.54 Å². The summed E-state index contributed by atoms with van der Waals surface area (Å²) in [5, 5.41) is 20.8. The number of aliphatic hydroxyl groups is 2. The minimum absolute atomic E-state index is 0. The average Bonchev–Trinajstić information content (AvgIpc) is 2.58. The summed E-state index contributed by atoms with van der Waals surface area (Å²) >= 11 is 0. The molecule has 0 aromatic heterocycles. The highest BCUT2D eigenvalue weighted by Gasteiger charge is 2.70. The first-order valence-electron chi connectivity index (χ1n) is 10.5. The van der Waals surface area contributed by atoms with Crippen LogP contribution in [0.4, 0.5) is 0 Å². The Kier molecular flexibility index (Phi) is 4.42. The van der Waals surface area contributed by atoms with E-state index in [0.29, 0.717) is 17.3 Å². The predicted octanol–water partition coefficient (Wildman–Crippen LogP) is -0.000400. The van der Waals surface area contributed by atoms with Gasteiger partial charge in [-0.05, 0) is 68.3 Å². The zero-order valence-electron chi connectivity index (χ0n) is 16.1. The highest BCUT2D eigenvalue weighted by atomic mass is 35.5. The molecule has 146 valence electrons. The first-order chi connectivity index (χ1) is 12.0. The van der Waals surface area contributed by atoms with E-state index >= 15 is 0 Å². The molecule has 5 aliphatic carbocycles. The summed E-state index contributed by atoms with van der Waals surface area (Å²) in [4.78, 5) is 0. The van der Waals surface area contributed by atoms with Gasteiger partial charge < -0.3 is 22.6 Å². The van der Waals surface area contributed by atoms with Gasteiger partial charge in [0, 0.05) is 10.8 Å². The Labute approximate surface area is 164 Å². The van der Waals surface area contributed by atoms with Crippen molar-refractivity contribution < 1.29 is 27.2 Å². The van der Waals surface area contributed by atoms with Gasteiger partial charge in [0.2, 0.25) is 0 Å². The Hall–Kier alpha value is -0.380. The maximum Gasteiger partial charge on any atom is 0.165 e. The molecule has 5 fully saturated rings. The fourth-order valence-electron chi connectivity index (χ4n) is 8.50. The molecule has 2 N–H and O–H groups in total. The summed E-state index contributed by atoms with van der Waals surface area (Å²) in [7, 11) is 0. The van der Waals surface area contributed by atoms with E-state index in [9.17, 15) is 10.2 Å². The lowest BCUT2D eigenvalue weighted by Gasteiger charge is -2.68. The van der Waals surface area contributed by atoms with Crippen LogP contribution in [0.2, 0.25) is 0 Å². The highest BCUT2D eigenvalue weighted by molar-refractivity contribution is 5.65. The van der Waals surface area contributed by atoms with Gasteiger partial charge in [0.1, 0.15) is 19.4 Å². The second kappa shape index (κ2) is 6.06. The molecule has 0 aromatic rings. The van der Waals surface area contributed by atoms with Crippen molar-refractivity contribution in [2.45, 2.75) is 64.4 Å². The van der Waals surface area contributed by atoms with Crippen molar-refractivity contribution in [3.8, 4) is 0 Å². The zero-order valence-corrected chi connectivity index (χ0v) is 16.8. The van der Waals surface area contributed by atoms with E-state index in [2.05, 4.69) is 24.3 Å². The number of hydrogen-bond donors (Lipinski definition) is 2. The van der Waals surface area contributed by atoms with Gasteiger partial charge in [-0.25, -0.2) is 4.58 Å². The summed E-state index contributed by atoms with van der Waals surface area (Å²) in [6.45, 7) is 8.93. The molecule has 1 unspecified atom stereocenters. The number of nitrogens with zero attached hydrogens (tertiary/aromatic N) is 1. The third-order valence-electron chi connectivity index (χ3n) is 9.36. The largest absolute Gasteiger partial charge is 1.00 e. The summed E-state index contributed by atoms with van der Waals surface area (Å²) in [6.07, 6.45) is 12.4. The first-order valence-corrected chi connectivity index (χ1v) is 10.5. The quantitative estimate of drug-likeness (QED) is 0.524. The predicted molar refractivity (Wildman–Crippen MR) is 98.7 cm³/mol. The number of halogens is 1. The third-order valence-corrected chi connectivity index (χ3v) is 9.36. The number of β-amino-alcohol motifs (C(OH)–C–C–N with tert-alkyl or cyclic N) is 1. The molecule has 3 nitrogen and oxygen atoms in total. The molecule has 4 heteroatoms. The van der Waals surface area contributed by atoms with Crippen LogP contribution in [0.25, 0.3) is 0 Å². The molecule has 6 rings (SSSR count). The molecule has 1 spiro atoms. The molecular formula is C22H34ClNO2. The van der Waals surface area contributed by atoms with Gasteiger partial charge in [-0.3, -0.25) is 0 Å². The van der Waals surface area contributed by atoms with E-state index in [0.717, 1.165) is 24.6 Å². The molecule has 6 aliphatic rings. The Morgan fingerprint density at radius 2 is 1.96 bits per heavy atom. The van der Waals surface area contributed by atoms with Crippen LogP contribution in [-0.2, 0) is 0 Å². The number of rotatable bonds is 2. The molecule has 5 saturated carbocycles. The molecular weight excluding hydrogens is 346 g/mol. The van der Waals surface area contributed by atoms with Crippen molar-refractivity contribution >= 4 is 6.21 Å². The van der Waals surface area contributed by atoms with Crippen LogP contribution < -0.4 is 12.4 Å². The van der Waals surface area contributed by atoms with Gasteiger partial charge in [-0.15, -0.1) is 0 Å². The Morgan fingerprint density at radius 1 is 1.19 bits per heavy atom. The van der Waals surface area contributed by atoms with E-state index in [1.54, 1.807) is 0 Å². The maximum atomic E-state index is 11.2. The molecule has 0 radical (unpaired) electrons. The second-order valence-corrected chi connectivity index (χ2v) is 10.3.